The maximum absolute atomic E-state index is 12.2. The largest absolute Gasteiger partial charge is 0.508 e. The van der Waals surface area contributed by atoms with Gasteiger partial charge in [0.2, 0.25) is 5.43 Å². The van der Waals surface area contributed by atoms with Crippen LogP contribution in [0.4, 0.5) is 0 Å². The minimum atomic E-state index is -0.0683. The van der Waals surface area contributed by atoms with E-state index >= 15 is 0 Å². The van der Waals surface area contributed by atoms with E-state index in [1.807, 2.05) is 19.1 Å². The molecule has 0 unspecified atom stereocenters. The Morgan fingerprint density at radius 2 is 1.65 bits per heavy atom. The van der Waals surface area contributed by atoms with Gasteiger partial charge in [-0.2, -0.15) is 0 Å². The second-order valence-corrected chi connectivity index (χ2v) is 4.11. The Balaban J connectivity index is 2.57. The average Bonchev–Trinajstić information content (AvgIpc) is 2.28. The van der Waals surface area contributed by atoms with Crippen LogP contribution >= 0.6 is 0 Å². The van der Waals surface area contributed by atoms with E-state index in [0.717, 1.165) is 5.56 Å². The highest BCUT2D eigenvalue weighted by atomic mass is 16.3. The van der Waals surface area contributed by atoms with Gasteiger partial charge in [-0.25, -0.2) is 0 Å². The molecule has 0 aliphatic carbocycles. The lowest BCUT2D eigenvalue weighted by Crippen LogP contribution is -2.01. The van der Waals surface area contributed by atoms with Gasteiger partial charge in [-0.3, -0.25) is 4.79 Å². The third kappa shape index (κ3) is 1.47. The monoisotopic (exact) mass is 226 g/mol. The number of hydrogen-bond donors (Lipinski definition) is 1. The summed E-state index contributed by atoms with van der Waals surface area (Å²) in [5.41, 5.74) is 1.92. The van der Waals surface area contributed by atoms with Crippen LogP contribution in [0.1, 0.15) is 5.56 Å². The third-order valence-corrected chi connectivity index (χ3v) is 2.81. The smallest absolute Gasteiger partial charge is 0.200 e. The van der Waals surface area contributed by atoms with Gasteiger partial charge in [0.05, 0.1) is 10.8 Å². The molecule has 3 aromatic rings. The molecule has 3 nitrogen and oxygen atoms in total. The summed E-state index contributed by atoms with van der Waals surface area (Å²) in [4.78, 5) is 12.2. The van der Waals surface area contributed by atoms with Gasteiger partial charge >= 0.3 is 0 Å². The molecule has 0 saturated carbocycles. The van der Waals surface area contributed by atoms with Crippen molar-refractivity contribution in [1.82, 2.24) is 0 Å². The number of aromatic hydroxyl groups is 1. The van der Waals surface area contributed by atoms with Crippen LogP contribution in [0, 0.1) is 6.92 Å². The van der Waals surface area contributed by atoms with Crippen LogP contribution in [-0.2, 0) is 0 Å². The van der Waals surface area contributed by atoms with E-state index in [4.69, 9.17) is 4.42 Å². The van der Waals surface area contributed by atoms with Gasteiger partial charge < -0.3 is 9.52 Å². The summed E-state index contributed by atoms with van der Waals surface area (Å²) in [7, 11) is 0. The molecule has 1 N–H and O–H groups in total. The fourth-order valence-corrected chi connectivity index (χ4v) is 1.95. The first-order valence-corrected chi connectivity index (χ1v) is 5.31. The molecule has 0 saturated heterocycles. The highest BCUT2D eigenvalue weighted by Crippen LogP contribution is 2.22. The van der Waals surface area contributed by atoms with E-state index < -0.39 is 0 Å². The Labute approximate surface area is 96.9 Å². The molecule has 0 aliphatic rings. The standard InChI is InChI=1S/C14H10O3/c1-8-2-4-10-12(6-8)17-13-7-9(15)3-5-11(13)14(10)16/h2-7,15H,1H3. The van der Waals surface area contributed by atoms with E-state index in [0.29, 0.717) is 21.9 Å². The molecule has 0 bridgehead atoms. The van der Waals surface area contributed by atoms with Crippen LogP contribution < -0.4 is 5.43 Å². The van der Waals surface area contributed by atoms with Crippen LogP contribution in [0.15, 0.2) is 45.6 Å². The molecule has 1 aromatic heterocycles. The van der Waals surface area contributed by atoms with Crippen LogP contribution in [0.2, 0.25) is 0 Å². The van der Waals surface area contributed by atoms with Crippen LogP contribution in [0.3, 0.4) is 0 Å². The quantitative estimate of drug-likeness (QED) is 0.599. The molecule has 0 radical (unpaired) electrons. The van der Waals surface area contributed by atoms with E-state index in [-0.39, 0.29) is 11.2 Å². The molecule has 17 heavy (non-hydrogen) atoms. The van der Waals surface area contributed by atoms with E-state index in [2.05, 4.69) is 0 Å². The lowest BCUT2D eigenvalue weighted by atomic mass is 10.1. The lowest BCUT2D eigenvalue weighted by molar-refractivity contribution is 0.474. The predicted octanol–water partition coefficient (Wildman–Crippen LogP) is 2.96. The minimum absolute atomic E-state index is 0.0683. The van der Waals surface area contributed by atoms with Crippen molar-refractivity contribution in [2.75, 3.05) is 0 Å². The van der Waals surface area contributed by atoms with Gasteiger partial charge in [0.25, 0.3) is 0 Å². The summed E-state index contributed by atoms with van der Waals surface area (Å²) in [6, 6.07) is 9.99. The zero-order chi connectivity index (χ0) is 12.0. The zero-order valence-corrected chi connectivity index (χ0v) is 9.23. The third-order valence-electron chi connectivity index (χ3n) is 2.81. The van der Waals surface area contributed by atoms with Crippen LogP contribution in [-0.4, -0.2) is 5.11 Å². The molecule has 84 valence electrons. The first kappa shape index (κ1) is 9.90. The number of benzene rings is 2. The Bertz CT molecular complexity index is 721. The van der Waals surface area contributed by atoms with Crippen molar-refractivity contribution < 1.29 is 9.52 Å². The molecule has 0 spiro atoms. The van der Waals surface area contributed by atoms with Gasteiger partial charge in [0.1, 0.15) is 16.9 Å². The molecule has 0 amide bonds. The molecule has 1 heterocycles. The number of phenolic OH excluding ortho intramolecular Hbond substituents is 1. The Morgan fingerprint density at radius 1 is 1.00 bits per heavy atom. The summed E-state index contributed by atoms with van der Waals surface area (Å²) in [5.74, 6) is 0.0904. The number of rotatable bonds is 0. The fraction of sp³-hybridized carbons (Fsp3) is 0.0714. The van der Waals surface area contributed by atoms with Gasteiger partial charge in [0, 0.05) is 6.07 Å². The number of hydrogen-bond acceptors (Lipinski definition) is 3. The summed E-state index contributed by atoms with van der Waals surface area (Å²) in [5, 5.41) is 10.4. The fourth-order valence-electron chi connectivity index (χ4n) is 1.95. The van der Waals surface area contributed by atoms with E-state index in [1.165, 1.54) is 12.1 Å². The van der Waals surface area contributed by atoms with Crippen molar-refractivity contribution in [3.8, 4) is 5.75 Å². The average molecular weight is 226 g/mol. The Kier molecular flexibility index (Phi) is 1.95. The first-order valence-electron chi connectivity index (χ1n) is 5.31. The van der Waals surface area contributed by atoms with Crippen molar-refractivity contribution in [2.45, 2.75) is 6.92 Å². The highest BCUT2D eigenvalue weighted by Gasteiger charge is 2.07. The molecule has 0 aliphatic heterocycles. The zero-order valence-electron chi connectivity index (χ0n) is 9.23. The lowest BCUT2D eigenvalue weighted by Gasteiger charge is -2.02. The molecule has 3 rings (SSSR count). The summed E-state index contributed by atoms with van der Waals surface area (Å²) < 4.78 is 5.63. The van der Waals surface area contributed by atoms with Crippen LogP contribution in [0.25, 0.3) is 21.9 Å². The normalized spacial score (nSPS) is 11.1. The van der Waals surface area contributed by atoms with Crippen molar-refractivity contribution in [2.24, 2.45) is 0 Å². The van der Waals surface area contributed by atoms with Gasteiger partial charge in [-0.05, 0) is 36.8 Å². The van der Waals surface area contributed by atoms with Gasteiger partial charge in [-0.1, -0.05) is 6.07 Å². The van der Waals surface area contributed by atoms with E-state index in [1.54, 1.807) is 12.1 Å². The maximum atomic E-state index is 12.2. The first-order chi connectivity index (χ1) is 8.15. The predicted molar refractivity (Wildman–Crippen MR) is 66.4 cm³/mol. The number of aryl methyl sites for hydroxylation is 1. The topological polar surface area (TPSA) is 50.4 Å². The van der Waals surface area contributed by atoms with Gasteiger partial charge in [-0.15, -0.1) is 0 Å². The summed E-state index contributed by atoms with van der Waals surface area (Å²) in [6.45, 7) is 1.94. The molecule has 0 atom stereocenters. The highest BCUT2D eigenvalue weighted by molar-refractivity contribution is 5.90. The Morgan fingerprint density at radius 3 is 2.41 bits per heavy atom. The summed E-state index contributed by atoms with van der Waals surface area (Å²) >= 11 is 0. The Hall–Kier alpha value is -2.29. The van der Waals surface area contributed by atoms with Crippen LogP contribution in [0.5, 0.6) is 5.75 Å². The van der Waals surface area contributed by atoms with Crippen molar-refractivity contribution in [3.05, 3.63) is 52.2 Å². The maximum Gasteiger partial charge on any atom is 0.200 e. The number of fused-ring (bicyclic) bond motifs is 2. The molecule has 3 heteroatoms. The second kappa shape index (κ2) is 3.35. The van der Waals surface area contributed by atoms with Crippen molar-refractivity contribution in [3.63, 3.8) is 0 Å². The molecular weight excluding hydrogens is 216 g/mol. The van der Waals surface area contributed by atoms with Gasteiger partial charge in [0.15, 0.2) is 0 Å². The minimum Gasteiger partial charge on any atom is -0.508 e. The summed E-state index contributed by atoms with van der Waals surface area (Å²) in [6.07, 6.45) is 0. The SMILES string of the molecule is Cc1ccc2c(=O)c3ccc(O)cc3oc2c1. The van der Waals surface area contributed by atoms with E-state index in [9.17, 15) is 9.90 Å². The molecule has 0 fully saturated rings. The van der Waals surface area contributed by atoms with Crippen molar-refractivity contribution >= 4 is 21.9 Å². The molecule has 2 aromatic carbocycles. The second-order valence-electron chi connectivity index (χ2n) is 4.11. The number of phenols is 1. The van der Waals surface area contributed by atoms with Crippen molar-refractivity contribution in [1.29, 1.82) is 0 Å². The molecular formula is C14H10O3.